The van der Waals surface area contributed by atoms with Crippen LogP contribution in [0.25, 0.3) is 10.9 Å². The Morgan fingerprint density at radius 3 is 2.95 bits per heavy atom. The minimum Gasteiger partial charge on any atom is -0.478 e. The van der Waals surface area contributed by atoms with Gasteiger partial charge in [0, 0.05) is 18.5 Å². The summed E-state index contributed by atoms with van der Waals surface area (Å²) in [6.45, 7) is 4.31. The van der Waals surface area contributed by atoms with Crippen LogP contribution in [0.15, 0.2) is 30.3 Å². The largest absolute Gasteiger partial charge is 0.478 e. The Morgan fingerprint density at radius 1 is 1.40 bits per heavy atom. The third-order valence-electron chi connectivity index (χ3n) is 4.13. The first-order valence-electron chi connectivity index (χ1n) is 7.07. The first-order valence-corrected chi connectivity index (χ1v) is 7.07. The number of carbonyl (C=O) groups is 1. The minimum absolute atomic E-state index is 0.314. The Hall–Kier alpha value is -2.10. The molecular weight excluding hydrogens is 252 g/mol. The van der Waals surface area contributed by atoms with E-state index in [2.05, 4.69) is 16.8 Å². The van der Waals surface area contributed by atoms with Gasteiger partial charge in [0.05, 0.1) is 11.1 Å². The third-order valence-corrected chi connectivity index (χ3v) is 4.13. The highest BCUT2D eigenvalue weighted by Gasteiger charge is 2.22. The van der Waals surface area contributed by atoms with Gasteiger partial charge in [-0.05, 0) is 36.6 Å². The molecule has 20 heavy (non-hydrogen) atoms. The van der Waals surface area contributed by atoms with E-state index in [0.717, 1.165) is 30.3 Å². The third kappa shape index (κ3) is 2.22. The van der Waals surface area contributed by atoms with Crippen molar-refractivity contribution in [2.75, 3.05) is 18.0 Å². The van der Waals surface area contributed by atoms with E-state index in [1.165, 1.54) is 12.8 Å². The average molecular weight is 270 g/mol. The van der Waals surface area contributed by atoms with Crippen LogP contribution in [-0.2, 0) is 0 Å². The molecule has 2 heterocycles. The lowest BCUT2D eigenvalue weighted by Gasteiger charge is -2.18. The summed E-state index contributed by atoms with van der Waals surface area (Å²) in [6.07, 6.45) is 2.42. The quantitative estimate of drug-likeness (QED) is 0.930. The molecule has 0 aliphatic carbocycles. The van der Waals surface area contributed by atoms with E-state index >= 15 is 0 Å². The molecular formula is C16H18N2O2. The van der Waals surface area contributed by atoms with Crippen LogP contribution >= 0.6 is 0 Å². The smallest absolute Gasteiger partial charge is 0.336 e. The van der Waals surface area contributed by atoms with Gasteiger partial charge in [-0.25, -0.2) is 9.78 Å². The van der Waals surface area contributed by atoms with Gasteiger partial charge in [-0.1, -0.05) is 19.4 Å². The molecule has 0 bridgehead atoms. The SMILES string of the molecule is CCC1CCN(c2ccc3c(C(=O)O)cccc3n2)C1. The summed E-state index contributed by atoms with van der Waals surface area (Å²) >= 11 is 0. The fraction of sp³-hybridized carbons (Fsp3) is 0.375. The van der Waals surface area contributed by atoms with Gasteiger partial charge in [-0.15, -0.1) is 0 Å². The Morgan fingerprint density at radius 2 is 2.25 bits per heavy atom. The van der Waals surface area contributed by atoms with Gasteiger partial charge in [-0.2, -0.15) is 0 Å². The van der Waals surface area contributed by atoms with Crippen molar-refractivity contribution >= 4 is 22.7 Å². The van der Waals surface area contributed by atoms with E-state index in [1.54, 1.807) is 12.1 Å². The molecule has 1 N–H and O–H groups in total. The van der Waals surface area contributed by atoms with Crippen molar-refractivity contribution in [2.45, 2.75) is 19.8 Å². The van der Waals surface area contributed by atoms with Gasteiger partial charge in [-0.3, -0.25) is 0 Å². The van der Waals surface area contributed by atoms with E-state index in [4.69, 9.17) is 0 Å². The van der Waals surface area contributed by atoms with E-state index in [0.29, 0.717) is 10.9 Å². The molecule has 1 unspecified atom stereocenters. The highest BCUT2D eigenvalue weighted by atomic mass is 16.4. The van der Waals surface area contributed by atoms with Gasteiger partial charge in [0.1, 0.15) is 5.82 Å². The summed E-state index contributed by atoms with van der Waals surface area (Å²) in [5.74, 6) is 0.797. The molecule has 2 aromatic rings. The summed E-state index contributed by atoms with van der Waals surface area (Å²) in [5, 5.41) is 9.90. The second kappa shape index (κ2) is 5.12. The van der Waals surface area contributed by atoms with Crippen LogP contribution in [0, 0.1) is 5.92 Å². The lowest BCUT2D eigenvalue weighted by atomic mass is 10.1. The van der Waals surface area contributed by atoms with E-state index < -0.39 is 5.97 Å². The molecule has 1 atom stereocenters. The molecule has 1 saturated heterocycles. The lowest BCUT2D eigenvalue weighted by Crippen LogP contribution is -2.20. The topological polar surface area (TPSA) is 53.4 Å². The number of hydrogen-bond donors (Lipinski definition) is 1. The van der Waals surface area contributed by atoms with Crippen molar-refractivity contribution in [3.63, 3.8) is 0 Å². The van der Waals surface area contributed by atoms with E-state index in [-0.39, 0.29) is 0 Å². The highest BCUT2D eigenvalue weighted by Crippen LogP contribution is 2.26. The van der Waals surface area contributed by atoms with Gasteiger partial charge in [0.15, 0.2) is 0 Å². The zero-order valence-corrected chi connectivity index (χ0v) is 11.5. The van der Waals surface area contributed by atoms with Gasteiger partial charge in [0.2, 0.25) is 0 Å². The second-order valence-electron chi connectivity index (χ2n) is 5.36. The molecule has 4 nitrogen and oxygen atoms in total. The fourth-order valence-electron chi connectivity index (χ4n) is 2.88. The minimum atomic E-state index is -0.905. The Bertz CT molecular complexity index is 654. The van der Waals surface area contributed by atoms with Crippen LogP contribution in [-0.4, -0.2) is 29.1 Å². The Kier molecular flexibility index (Phi) is 3.30. The van der Waals surface area contributed by atoms with Gasteiger partial charge in [0.25, 0.3) is 0 Å². The molecule has 0 radical (unpaired) electrons. The van der Waals surface area contributed by atoms with Crippen LogP contribution < -0.4 is 4.90 Å². The molecule has 1 fully saturated rings. The molecule has 3 rings (SSSR count). The maximum atomic E-state index is 11.2. The molecule has 1 aromatic heterocycles. The number of fused-ring (bicyclic) bond motifs is 1. The number of carboxylic acids is 1. The highest BCUT2D eigenvalue weighted by molar-refractivity contribution is 6.02. The normalized spacial score (nSPS) is 18.6. The number of nitrogens with zero attached hydrogens (tertiary/aromatic N) is 2. The summed E-state index contributed by atoms with van der Waals surface area (Å²) in [4.78, 5) is 18.1. The number of aromatic nitrogens is 1. The Labute approximate surface area is 118 Å². The van der Waals surface area contributed by atoms with Gasteiger partial charge < -0.3 is 10.0 Å². The van der Waals surface area contributed by atoms with Crippen molar-refractivity contribution in [1.29, 1.82) is 0 Å². The number of pyridine rings is 1. The van der Waals surface area contributed by atoms with Crippen LogP contribution in [0.4, 0.5) is 5.82 Å². The molecule has 1 aromatic carbocycles. The molecule has 1 aliphatic rings. The number of anilines is 1. The number of carboxylic acid groups (broad SMARTS) is 1. The predicted octanol–water partition coefficient (Wildman–Crippen LogP) is 3.17. The molecule has 0 spiro atoms. The van der Waals surface area contributed by atoms with Crippen molar-refractivity contribution in [2.24, 2.45) is 5.92 Å². The summed E-state index contributed by atoms with van der Waals surface area (Å²) in [6, 6.07) is 9.06. The summed E-state index contributed by atoms with van der Waals surface area (Å²) < 4.78 is 0. The first kappa shape index (κ1) is 12.9. The molecule has 0 amide bonds. The fourth-order valence-corrected chi connectivity index (χ4v) is 2.88. The second-order valence-corrected chi connectivity index (χ2v) is 5.36. The number of aromatic carboxylic acids is 1. The van der Waals surface area contributed by atoms with Crippen LogP contribution in [0.3, 0.4) is 0 Å². The number of hydrogen-bond acceptors (Lipinski definition) is 3. The van der Waals surface area contributed by atoms with Crippen molar-refractivity contribution < 1.29 is 9.90 Å². The number of rotatable bonds is 3. The van der Waals surface area contributed by atoms with Crippen LogP contribution in [0.1, 0.15) is 30.1 Å². The predicted molar refractivity (Wildman–Crippen MR) is 79.3 cm³/mol. The van der Waals surface area contributed by atoms with Crippen LogP contribution in [0.2, 0.25) is 0 Å². The average Bonchev–Trinajstić information content (AvgIpc) is 2.94. The maximum absolute atomic E-state index is 11.2. The van der Waals surface area contributed by atoms with Crippen LogP contribution in [0.5, 0.6) is 0 Å². The maximum Gasteiger partial charge on any atom is 0.336 e. The lowest BCUT2D eigenvalue weighted by molar-refractivity contribution is 0.0699. The standard InChI is InChI=1S/C16H18N2O2/c1-2-11-8-9-18(10-11)15-7-6-12-13(16(19)20)4-3-5-14(12)17-15/h3-7,11H,2,8-10H2,1H3,(H,19,20). The first-order chi connectivity index (χ1) is 9.69. The zero-order chi connectivity index (χ0) is 14.1. The molecule has 1 aliphatic heterocycles. The zero-order valence-electron chi connectivity index (χ0n) is 11.5. The van der Waals surface area contributed by atoms with E-state index in [9.17, 15) is 9.90 Å². The summed E-state index contributed by atoms with van der Waals surface area (Å²) in [5.41, 5.74) is 1.07. The summed E-state index contributed by atoms with van der Waals surface area (Å²) in [7, 11) is 0. The van der Waals surface area contributed by atoms with Crippen molar-refractivity contribution in [3.8, 4) is 0 Å². The molecule has 104 valence electrons. The number of benzene rings is 1. The van der Waals surface area contributed by atoms with Crippen molar-refractivity contribution in [1.82, 2.24) is 4.98 Å². The molecule has 4 heteroatoms. The monoisotopic (exact) mass is 270 g/mol. The molecule has 0 saturated carbocycles. The van der Waals surface area contributed by atoms with Crippen molar-refractivity contribution in [3.05, 3.63) is 35.9 Å². The van der Waals surface area contributed by atoms with E-state index in [1.807, 2.05) is 18.2 Å². The Balaban J connectivity index is 1.98. The van der Waals surface area contributed by atoms with Gasteiger partial charge >= 0.3 is 5.97 Å².